The minimum absolute atomic E-state index is 0.0251. The van der Waals surface area contributed by atoms with Crippen molar-refractivity contribution in [2.24, 2.45) is 11.5 Å². The van der Waals surface area contributed by atoms with E-state index in [4.69, 9.17) is 16.2 Å². The smallest absolute Gasteiger partial charge is 0.224 e. The summed E-state index contributed by atoms with van der Waals surface area (Å²) in [6.07, 6.45) is 1.12. The van der Waals surface area contributed by atoms with Crippen molar-refractivity contribution < 1.29 is 9.53 Å². The number of carbonyl (C=O) groups excluding carboxylic acids is 1. The van der Waals surface area contributed by atoms with Gasteiger partial charge in [-0.3, -0.25) is 4.79 Å². The van der Waals surface area contributed by atoms with E-state index in [1.54, 1.807) is 24.3 Å². The van der Waals surface area contributed by atoms with Crippen LogP contribution >= 0.6 is 0 Å². The molecule has 0 spiro atoms. The van der Waals surface area contributed by atoms with Crippen molar-refractivity contribution in [1.82, 2.24) is 0 Å². The fourth-order valence-corrected chi connectivity index (χ4v) is 1.39. The van der Waals surface area contributed by atoms with Crippen LogP contribution in [0.2, 0.25) is 0 Å². The number of hydrogen-bond acceptors (Lipinski definition) is 4. The second-order valence-electron chi connectivity index (χ2n) is 4.23. The standard InChI is InChI=1S/C13H21N3O2/c1-10(15)2-7-13(17)16-11-3-5-12(6-4-11)18-9-8-14/h3-6,10H,2,7-9,14-15H2,1H3,(H,16,17). The van der Waals surface area contributed by atoms with Crippen LogP contribution in [0.1, 0.15) is 19.8 Å². The van der Waals surface area contributed by atoms with Crippen molar-refractivity contribution in [1.29, 1.82) is 0 Å². The molecule has 0 heterocycles. The van der Waals surface area contributed by atoms with Crippen molar-refractivity contribution in [2.45, 2.75) is 25.8 Å². The molecule has 0 aliphatic heterocycles. The van der Waals surface area contributed by atoms with Crippen molar-refractivity contribution in [2.75, 3.05) is 18.5 Å². The fourth-order valence-electron chi connectivity index (χ4n) is 1.39. The Balaban J connectivity index is 2.40. The number of carbonyl (C=O) groups is 1. The molecule has 1 rings (SSSR count). The van der Waals surface area contributed by atoms with Crippen LogP contribution in [-0.2, 0) is 4.79 Å². The number of nitrogens with two attached hydrogens (primary N) is 2. The Morgan fingerprint density at radius 3 is 2.61 bits per heavy atom. The van der Waals surface area contributed by atoms with E-state index in [-0.39, 0.29) is 11.9 Å². The first-order valence-electron chi connectivity index (χ1n) is 6.10. The van der Waals surface area contributed by atoms with E-state index in [0.717, 1.165) is 11.4 Å². The molecule has 1 atom stereocenters. The average molecular weight is 251 g/mol. The number of amides is 1. The van der Waals surface area contributed by atoms with Gasteiger partial charge in [0.05, 0.1) is 0 Å². The maximum absolute atomic E-state index is 11.6. The second-order valence-corrected chi connectivity index (χ2v) is 4.23. The summed E-state index contributed by atoms with van der Waals surface area (Å²) in [7, 11) is 0. The molecule has 18 heavy (non-hydrogen) atoms. The first kappa shape index (κ1) is 14.5. The van der Waals surface area contributed by atoms with Crippen molar-refractivity contribution >= 4 is 11.6 Å². The lowest BCUT2D eigenvalue weighted by Crippen LogP contribution is -2.19. The Morgan fingerprint density at radius 2 is 2.06 bits per heavy atom. The first-order valence-corrected chi connectivity index (χ1v) is 6.10. The number of hydrogen-bond donors (Lipinski definition) is 3. The van der Waals surface area contributed by atoms with Gasteiger partial charge >= 0.3 is 0 Å². The summed E-state index contributed by atoms with van der Waals surface area (Å²) in [4.78, 5) is 11.6. The van der Waals surface area contributed by atoms with Gasteiger partial charge in [-0.05, 0) is 37.6 Å². The van der Waals surface area contributed by atoms with Gasteiger partial charge in [0.1, 0.15) is 12.4 Å². The van der Waals surface area contributed by atoms with E-state index in [1.165, 1.54) is 0 Å². The summed E-state index contributed by atoms with van der Waals surface area (Å²) in [5.41, 5.74) is 11.7. The summed E-state index contributed by atoms with van der Waals surface area (Å²) in [6, 6.07) is 7.25. The van der Waals surface area contributed by atoms with Crippen LogP contribution < -0.4 is 21.5 Å². The molecule has 0 saturated carbocycles. The summed E-state index contributed by atoms with van der Waals surface area (Å²) < 4.78 is 5.34. The number of rotatable bonds is 7. The van der Waals surface area contributed by atoms with Crippen molar-refractivity contribution in [3.8, 4) is 5.75 Å². The molecule has 0 fully saturated rings. The van der Waals surface area contributed by atoms with Crippen LogP contribution in [0, 0.1) is 0 Å². The Bertz CT molecular complexity index is 363. The SMILES string of the molecule is CC(N)CCC(=O)Nc1ccc(OCCN)cc1. The molecule has 1 aromatic carbocycles. The Labute approximate surface area is 107 Å². The van der Waals surface area contributed by atoms with Crippen LogP contribution in [0.25, 0.3) is 0 Å². The molecule has 100 valence electrons. The zero-order valence-electron chi connectivity index (χ0n) is 10.7. The number of ether oxygens (including phenoxy) is 1. The van der Waals surface area contributed by atoms with Gasteiger partial charge in [-0.15, -0.1) is 0 Å². The van der Waals surface area contributed by atoms with Crippen LogP contribution in [0.15, 0.2) is 24.3 Å². The number of nitrogens with one attached hydrogen (secondary N) is 1. The third-order valence-corrected chi connectivity index (χ3v) is 2.35. The second kappa shape index (κ2) is 7.68. The van der Waals surface area contributed by atoms with Gasteiger partial charge in [0.2, 0.25) is 5.91 Å². The molecule has 0 aromatic heterocycles. The van der Waals surface area contributed by atoms with Gasteiger partial charge in [-0.1, -0.05) is 0 Å². The maximum atomic E-state index is 11.6. The summed E-state index contributed by atoms with van der Waals surface area (Å²) in [5.74, 6) is 0.719. The van der Waals surface area contributed by atoms with Crippen molar-refractivity contribution in [3.05, 3.63) is 24.3 Å². The zero-order chi connectivity index (χ0) is 13.4. The third kappa shape index (κ3) is 5.65. The molecule has 1 unspecified atom stereocenters. The first-order chi connectivity index (χ1) is 8.61. The molecule has 0 bridgehead atoms. The van der Waals surface area contributed by atoms with Gasteiger partial charge in [0.25, 0.3) is 0 Å². The van der Waals surface area contributed by atoms with E-state index >= 15 is 0 Å². The molecule has 5 nitrogen and oxygen atoms in total. The molecule has 0 radical (unpaired) electrons. The Hall–Kier alpha value is -1.59. The molecular formula is C13H21N3O2. The largest absolute Gasteiger partial charge is 0.492 e. The lowest BCUT2D eigenvalue weighted by molar-refractivity contribution is -0.116. The number of benzene rings is 1. The minimum atomic E-state index is -0.0251. The molecule has 5 N–H and O–H groups in total. The number of anilines is 1. The molecule has 0 aliphatic carbocycles. The van der Waals surface area contributed by atoms with E-state index in [0.29, 0.717) is 26.0 Å². The van der Waals surface area contributed by atoms with Gasteiger partial charge in [-0.25, -0.2) is 0 Å². The van der Waals surface area contributed by atoms with E-state index < -0.39 is 0 Å². The summed E-state index contributed by atoms with van der Waals surface area (Å²) in [6.45, 7) is 2.85. The van der Waals surface area contributed by atoms with E-state index in [9.17, 15) is 4.79 Å². The van der Waals surface area contributed by atoms with Gasteiger partial charge in [-0.2, -0.15) is 0 Å². The van der Waals surface area contributed by atoms with Crippen LogP contribution in [0.3, 0.4) is 0 Å². The highest BCUT2D eigenvalue weighted by Crippen LogP contribution is 2.15. The molecule has 1 amide bonds. The highest BCUT2D eigenvalue weighted by atomic mass is 16.5. The lowest BCUT2D eigenvalue weighted by Gasteiger charge is -2.08. The lowest BCUT2D eigenvalue weighted by atomic mass is 10.2. The highest BCUT2D eigenvalue weighted by Gasteiger charge is 2.04. The van der Waals surface area contributed by atoms with Gasteiger partial charge < -0.3 is 21.5 Å². The van der Waals surface area contributed by atoms with Crippen LogP contribution in [-0.4, -0.2) is 25.1 Å². The van der Waals surface area contributed by atoms with Crippen LogP contribution in [0.4, 0.5) is 5.69 Å². The molecular weight excluding hydrogens is 230 g/mol. The van der Waals surface area contributed by atoms with Gasteiger partial charge in [0.15, 0.2) is 0 Å². The molecule has 0 saturated heterocycles. The Morgan fingerprint density at radius 1 is 1.39 bits per heavy atom. The zero-order valence-corrected chi connectivity index (χ0v) is 10.7. The van der Waals surface area contributed by atoms with Gasteiger partial charge in [0, 0.05) is 24.7 Å². The summed E-state index contributed by atoms with van der Waals surface area (Å²) in [5, 5.41) is 2.81. The topological polar surface area (TPSA) is 90.4 Å². The minimum Gasteiger partial charge on any atom is -0.492 e. The van der Waals surface area contributed by atoms with E-state index in [2.05, 4.69) is 5.32 Å². The fraction of sp³-hybridized carbons (Fsp3) is 0.462. The van der Waals surface area contributed by atoms with Crippen molar-refractivity contribution in [3.63, 3.8) is 0 Å². The monoisotopic (exact) mass is 251 g/mol. The predicted molar refractivity (Wildman–Crippen MR) is 72.5 cm³/mol. The predicted octanol–water partition coefficient (Wildman–Crippen LogP) is 1.09. The third-order valence-electron chi connectivity index (χ3n) is 2.35. The average Bonchev–Trinajstić information content (AvgIpc) is 2.35. The van der Waals surface area contributed by atoms with E-state index in [1.807, 2.05) is 6.92 Å². The Kier molecular flexibility index (Phi) is 6.18. The molecule has 1 aromatic rings. The summed E-state index contributed by atoms with van der Waals surface area (Å²) >= 11 is 0. The highest BCUT2D eigenvalue weighted by molar-refractivity contribution is 5.90. The maximum Gasteiger partial charge on any atom is 0.224 e. The van der Waals surface area contributed by atoms with Crippen LogP contribution in [0.5, 0.6) is 5.75 Å². The normalized spacial score (nSPS) is 11.9. The molecule has 0 aliphatic rings. The quantitative estimate of drug-likeness (QED) is 0.676. The molecule has 5 heteroatoms.